The van der Waals surface area contributed by atoms with Gasteiger partial charge in [0.1, 0.15) is 11.0 Å². The minimum atomic E-state index is -0.509. The predicted octanol–water partition coefficient (Wildman–Crippen LogP) is 4.45. The number of nitrogens with one attached hydrogen (secondary N) is 1. The van der Waals surface area contributed by atoms with Gasteiger partial charge in [-0.1, -0.05) is 30.3 Å². The van der Waals surface area contributed by atoms with Gasteiger partial charge in [0.25, 0.3) is 6.01 Å². The molecule has 2 N–H and O–H groups in total. The summed E-state index contributed by atoms with van der Waals surface area (Å²) < 4.78 is 8.89. The molecule has 7 nitrogen and oxygen atoms in total. The van der Waals surface area contributed by atoms with Crippen LogP contribution in [0.25, 0.3) is 22.3 Å². The molecular formula is C23H18BrN5O2. The molecule has 0 spiro atoms. The van der Waals surface area contributed by atoms with E-state index in [2.05, 4.69) is 36.2 Å². The van der Waals surface area contributed by atoms with Gasteiger partial charge in [-0.15, -0.1) is 0 Å². The Morgan fingerprint density at radius 3 is 2.97 bits per heavy atom. The van der Waals surface area contributed by atoms with Crippen molar-refractivity contribution in [1.82, 2.24) is 19.5 Å². The lowest BCUT2D eigenvalue weighted by Crippen LogP contribution is -2.21. The molecule has 2 unspecified atom stereocenters. The monoisotopic (exact) mass is 475 g/mol. The number of imidazole rings is 1. The highest BCUT2D eigenvalue weighted by Crippen LogP contribution is 2.34. The van der Waals surface area contributed by atoms with Gasteiger partial charge in [-0.2, -0.15) is 4.98 Å². The number of nitrogens with zero attached hydrogens (tertiary/aromatic N) is 4. The van der Waals surface area contributed by atoms with Crippen molar-refractivity contribution in [3.05, 3.63) is 82.2 Å². The van der Waals surface area contributed by atoms with Crippen molar-refractivity contribution in [2.24, 2.45) is 0 Å². The molecule has 0 radical (unpaired) electrons. The van der Waals surface area contributed by atoms with Crippen molar-refractivity contribution in [3.63, 3.8) is 0 Å². The van der Waals surface area contributed by atoms with Crippen LogP contribution in [0.3, 0.4) is 0 Å². The Bertz CT molecular complexity index is 1430. The smallest absolute Gasteiger partial charge is 0.296 e. The summed E-state index contributed by atoms with van der Waals surface area (Å²) in [6.45, 7) is 0.624. The van der Waals surface area contributed by atoms with E-state index in [0.717, 1.165) is 37.8 Å². The van der Waals surface area contributed by atoms with Crippen LogP contribution in [-0.2, 0) is 13.0 Å². The molecule has 5 aromatic rings. The zero-order valence-corrected chi connectivity index (χ0v) is 18.0. The zero-order valence-electron chi connectivity index (χ0n) is 16.4. The molecule has 2 atom stereocenters. The second-order valence-electron chi connectivity index (χ2n) is 7.78. The van der Waals surface area contributed by atoms with E-state index >= 15 is 0 Å². The zero-order chi connectivity index (χ0) is 20.9. The normalized spacial score (nSPS) is 18.0. The molecule has 0 aliphatic heterocycles. The molecule has 154 valence electrons. The highest BCUT2D eigenvalue weighted by molar-refractivity contribution is 9.10. The lowest BCUT2D eigenvalue weighted by Gasteiger charge is -2.16. The molecule has 0 saturated carbocycles. The number of aromatic nitrogens is 4. The van der Waals surface area contributed by atoms with E-state index in [1.54, 1.807) is 12.5 Å². The van der Waals surface area contributed by atoms with E-state index < -0.39 is 6.10 Å². The highest BCUT2D eigenvalue weighted by Gasteiger charge is 2.31. The van der Waals surface area contributed by atoms with Crippen LogP contribution in [0.4, 0.5) is 6.01 Å². The summed E-state index contributed by atoms with van der Waals surface area (Å²) >= 11 is 3.43. The Morgan fingerprint density at radius 1 is 1.13 bits per heavy atom. The van der Waals surface area contributed by atoms with Gasteiger partial charge in [0.2, 0.25) is 0 Å². The molecule has 0 bridgehead atoms. The fourth-order valence-electron chi connectivity index (χ4n) is 4.25. The maximum absolute atomic E-state index is 10.5. The summed E-state index contributed by atoms with van der Waals surface area (Å²) in [5.41, 5.74) is 6.44. The number of halogens is 1. The number of anilines is 1. The van der Waals surface area contributed by atoms with Gasteiger partial charge in [0, 0.05) is 17.1 Å². The number of pyridine rings is 1. The fraction of sp³-hybridized carbons (Fsp3) is 0.174. The van der Waals surface area contributed by atoms with Crippen LogP contribution in [0.5, 0.6) is 0 Å². The summed E-state index contributed by atoms with van der Waals surface area (Å²) in [5.74, 6) is 0. The first kappa shape index (κ1) is 18.5. The van der Waals surface area contributed by atoms with E-state index in [-0.39, 0.29) is 6.04 Å². The van der Waals surface area contributed by atoms with Crippen molar-refractivity contribution in [3.8, 4) is 0 Å². The Labute approximate surface area is 185 Å². The Morgan fingerprint density at radius 2 is 2.03 bits per heavy atom. The number of benzene rings is 2. The molecule has 2 aromatic carbocycles. The Hall–Kier alpha value is -3.23. The average Bonchev–Trinajstić information content (AvgIpc) is 3.43. The minimum absolute atomic E-state index is 0.230. The lowest BCUT2D eigenvalue weighted by molar-refractivity contribution is 0.164. The van der Waals surface area contributed by atoms with Crippen molar-refractivity contribution in [2.75, 3.05) is 5.32 Å². The molecule has 0 fully saturated rings. The van der Waals surface area contributed by atoms with E-state index in [4.69, 9.17) is 4.42 Å². The number of oxazole rings is 1. The topological polar surface area (TPSA) is 89.0 Å². The van der Waals surface area contributed by atoms with Gasteiger partial charge < -0.3 is 19.4 Å². The van der Waals surface area contributed by atoms with Gasteiger partial charge in [-0.05, 0) is 50.8 Å². The van der Waals surface area contributed by atoms with Gasteiger partial charge >= 0.3 is 0 Å². The summed E-state index contributed by atoms with van der Waals surface area (Å²) in [6, 6.07) is 16.1. The standard InChI is InChI=1S/C23H18BrN5O2/c24-15-9-18-22(25-10-15)29(12-26-18)11-13-5-6-17-20(7-13)31-23(27-17)28-21-16-4-2-1-3-14(16)8-19(21)30/h1-7,9-10,12,19,21,30H,8,11H2,(H,27,28). The number of aliphatic hydroxyl groups is 1. The molecule has 1 aliphatic rings. The maximum Gasteiger partial charge on any atom is 0.296 e. The lowest BCUT2D eigenvalue weighted by atomic mass is 10.1. The third-order valence-corrected chi connectivity index (χ3v) is 6.14. The molecule has 8 heteroatoms. The van der Waals surface area contributed by atoms with Crippen molar-refractivity contribution in [1.29, 1.82) is 0 Å². The second-order valence-corrected chi connectivity index (χ2v) is 8.70. The third-order valence-electron chi connectivity index (χ3n) is 5.71. The Balaban J connectivity index is 1.27. The van der Waals surface area contributed by atoms with Crippen LogP contribution in [0.1, 0.15) is 22.7 Å². The number of hydrogen-bond donors (Lipinski definition) is 2. The van der Waals surface area contributed by atoms with E-state index in [1.807, 2.05) is 53.1 Å². The van der Waals surface area contributed by atoms with Gasteiger partial charge in [-0.3, -0.25) is 0 Å². The molecule has 0 saturated heterocycles. The van der Waals surface area contributed by atoms with Crippen LogP contribution < -0.4 is 5.32 Å². The highest BCUT2D eigenvalue weighted by atomic mass is 79.9. The number of aliphatic hydroxyl groups excluding tert-OH is 1. The third kappa shape index (κ3) is 3.28. The van der Waals surface area contributed by atoms with Crippen LogP contribution in [0, 0.1) is 0 Å². The first-order valence-electron chi connectivity index (χ1n) is 10.0. The molecule has 1 aliphatic carbocycles. The summed E-state index contributed by atoms with van der Waals surface area (Å²) in [7, 11) is 0. The average molecular weight is 476 g/mol. The number of fused-ring (bicyclic) bond motifs is 3. The number of rotatable bonds is 4. The molecule has 3 aromatic heterocycles. The second kappa shape index (κ2) is 7.18. The Kier molecular flexibility index (Phi) is 4.29. The van der Waals surface area contributed by atoms with E-state index in [1.165, 1.54) is 0 Å². The van der Waals surface area contributed by atoms with Crippen molar-refractivity contribution < 1.29 is 9.52 Å². The van der Waals surface area contributed by atoms with Gasteiger partial charge in [0.15, 0.2) is 11.2 Å². The minimum Gasteiger partial charge on any atom is -0.424 e. The van der Waals surface area contributed by atoms with Crippen LogP contribution in [-0.4, -0.2) is 30.7 Å². The quantitative estimate of drug-likeness (QED) is 0.399. The summed E-state index contributed by atoms with van der Waals surface area (Å²) in [5, 5.41) is 13.8. The molecular weight excluding hydrogens is 458 g/mol. The van der Waals surface area contributed by atoms with Crippen LogP contribution in [0.2, 0.25) is 0 Å². The van der Waals surface area contributed by atoms with Gasteiger partial charge in [-0.25, -0.2) is 9.97 Å². The van der Waals surface area contributed by atoms with E-state index in [0.29, 0.717) is 24.6 Å². The molecule has 3 heterocycles. The summed E-state index contributed by atoms with van der Waals surface area (Å²) in [4.78, 5) is 13.5. The first-order valence-corrected chi connectivity index (χ1v) is 10.8. The predicted molar refractivity (Wildman–Crippen MR) is 121 cm³/mol. The molecule has 0 amide bonds. The summed E-state index contributed by atoms with van der Waals surface area (Å²) in [6.07, 6.45) is 3.68. The van der Waals surface area contributed by atoms with Crippen LogP contribution in [0.15, 0.2) is 69.9 Å². The molecule has 6 rings (SSSR count). The van der Waals surface area contributed by atoms with Crippen LogP contribution >= 0.6 is 15.9 Å². The van der Waals surface area contributed by atoms with Gasteiger partial charge in [0.05, 0.1) is 25.0 Å². The number of hydrogen-bond acceptors (Lipinski definition) is 6. The fourth-order valence-corrected chi connectivity index (χ4v) is 4.57. The first-order chi connectivity index (χ1) is 15.1. The van der Waals surface area contributed by atoms with Crippen molar-refractivity contribution in [2.45, 2.75) is 25.1 Å². The largest absolute Gasteiger partial charge is 0.424 e. The molecule has 31 heavy (non-hydrogen) atoms. The van der Waals surface area contributed by atoms with Crippen molar-refractivity contribution >= 4 is 44.2 Å². The van der Waals surface area contributed by atoms with E-state index in [9.17, 15) is 5.11 Å². The SMILES string of the molecule is OC1Cc2ccccc2C1Nc1nc2ccc(Cn3cnc4cc(Br)cnc43)cc2o1. The maximum atomic E-state index is 10.5.